The fourth-order valence-corrected chi connectivity index (χ4v) is 1.05. The quantitative estimate of drug-likeness (QED) is 0.810. The number of rotatable bonds is 2. The van der Waals surface area contributed by atoms with Crippen LogP contribution in [-0.4, -0.2) is 21.3 Å². The van der Waals surface area contributed by atoms with Crippen molar-refractivity contribution in [3.05, 3.63) is 36.0 Å². The number of halogens is 1. The van der Waals surface area contributed by atoms with Gasteiger partial charge in [-0.1, -0.05) is 6.07 Å². The zero-order valence-electron chi connectivity index (χ0n) is 7.35. The van der Waals surface area contributed by atoms with Crippen molar-refractivity contribution in [3.63, 3.8) is 0 Å². The van der Waals surface area contributed by atoms with E-state index in [1.54, 1.807) is 6.07 Å². The van der Waals surface area contributed by atoms with E-state index in [4.69, 9.17) is 9.52 Å². The second kappa shape index (κ2) is 3.49. The lowest BCUT2D eigenvalue weighted by Crippen LogP contribution is -1.95. The van der Waals surface area contributed by atoms with Crippen LogP contribution >= 0.6 is 0 Å². The van der Waals surface area contributed by atoms with Crippen LogP contribution in [-0.2, 0) is 0 Å². The molecule has 2 aromatic rings. The van der Waals surface area contributed by atoms with Gasteiger partial charge < -0.3 is 9.52 Å². The van der Waals surface area contributed by atoms with Crippen molar-refractivity contribution in [2.24, 2.45) is 0 Å². The molecule has 5 nitrogen and oxygen atoms in total. The molecule has 0 saturated heterocycles. The summed E-state index contributed by atoms with van der Waals surface area (Å²) >= 11 is 0. The third kappa shape index (κ3) is 1.83. The topological polar surface area (TPSA) is 76.2 Å². The molecule has 0 radical (unpaired) electrons. The molecule has 1 heterocycles. The van der Waals surface area contributed by atoms with Crippen LogP contribution in [0, 0.1) is 5.82 Å². The van der Waals surface area contributed by atoms with Crippen molar-refractivity contribution in [2.75, 3.05) is 0 Å². The van der Waals surface area contributed by atoms with Gasteiger partial charge in [0.1, 0.15) is 5.82 Å². The van der Waals surface area contributed by atoms with Crippen molar-refractivity contribution in [2.45, 2.75) is 0 Å². The summed E-state index contributed by atoms with van der Waals surface area (Å²) in [5.74, 6) is -2.31. The molecule has 76 valence electrons. The van der Waals surface area contributed by atoms with E-state index >= 15 is 0 Å². The average molecular weight is 208 g/mol. The first-order valence-corrected chi connectivity index (χ1v) is 3.99. The third-order valence-corrected chi connectivity index (χ3v) is 1.68. The average Bonchev–Trinajstić information content (AvgIpc) is 2.66. The first kappa shape index (κ1) is 9.32. The second-order valence-electron chi connectivity index (χ2n) is 2.73. The van der Waals surface area contributed by atoms with E-state index in [-0.39, 0.29) is 5.89 Å². The van der Waals surface area contributed by atoms with Gasteiger partial charge in [0.05, 0.1) is 0 Å². The number of carboxylic acid groups (broad SMARTS) is 1. The monoisotopic (exact) mass is 208 g/mol. The first-order chi connectivity index (χ1) is 7.16. The standard InChI is InChI=1S/C9H5FN2O3/c10-6-3-1-2-5(4-6)7-11-12-8(15-7)9(13)14/h1-4H,(H,13,14). The zero-order chi connectivity index (χ0) is 10.8. The Balaban J connectivity index is 2.41. The molecule has 15 heavy (non-hydrogen) atoms. The van der Waals surface area contributed by atoms with E-state index in [9.17, 15) is 9.18 Å². The van der Waals surface area contributed by atoms with Crippen LogP contribution in [0.5, 0.6) is 0 Å². The van der Waals surface area contributed by atoms with Crippen molar-refractivity contribution in [1.82, 2.24) is 10.2 Å². The van der Waals surface area contributed by atoms with Crippen LogP contribution in [0.25, 0.3) is 11.5 Å². The van der Waals surface area contributed by atoms with Crippen LogP contribution in [0.2, 0.25) is 0 Å². The Hall–Kier alpha value is -2.24. The summed E-state index contributed by atoms with van der Waals surface area (Å²) in [4.78, 5) is 10.4. The smallest absolute Gasteiger partial charge is 0.393 e. The summed E-state index contributed by atoms with van der Waals surface area (Å²) in [5.41, 5.74) is 0.343. The molecule has 0 amide bonds. The summed E-state index contributed by atoms with van der Waals surface area (Å²) in [7, 11) is 0. The highest BCUT2D eigenvalue weighted by Gasteiger charge is 2.14. The minimum Gasteiger partial charge on any atom is -0.474 e. The van der Waals surface area contributed by atoms with Gasteiger partial charge in [-0.25, -0.2) is 9.18 Å². The largest absolute Gasteiger partial charge is 0.474 e. The van der Waals surface area contributed by atoms with Crippen LogP contribution < -0.4 is 0 Å². The number of carboxylic acids is 1. The highest BCUT2D eigenvalue weighted by molar-refractivity contribution is 5.82. The Kier molecular flexibility index (Phi) is 2.17. The molecule has 0 unspecified atom stereocenters. The summed E-state index contributed by atoms with van der Waals surface area (Å²) in [6.45, 7) is 0. The molecule has 1 aromatic heterocycles. The van der Waals surface area contributed by atoms with Crippen molar-refractivity contribution in [3.8, 4) is 11.5 Å². The van der Waals surface area contributed by atoms with Crippen molar-refractivity contribution < 1.29 is 18.7 Å². The Morgan fingerprint density at radius 2 is 2.20 bits per heavy atom. The van der Waals surface area contributed by atoms with Gasteiger partial charge in [-0.15, -0.1) is 10.2 Å². The number of aromatic nitrogens is 2. The Morgan fingerprint density at radius 1 is 1.40 bits per heavy atom. The normalized spacial score (nSPS) is 10.2. The van der Waals surface area contributed by atoms with Crippen molar-refractivity contribution >= 4 is 5.97 Å². The highest BCUT2D eigenvalue weighted by atomic mass is 19.1. The molecule has 1 aromatic carbocycles. The second-order valence-corrected chi connectivity index (χ2v) is 2.73. The van der Waals surface area contributed by atoms with E-state index in [2.05, 4.69) is 10.2 Å². The lowest BCUT2D eigenvalue weighted by Gasteiger charge is -1.93. The Labute approximate surface area is 83.2 Å². The van der Waals surface area contributed by atoms with Gasteiger partial charge in [0, 0.05) is 5.56 Å². The maximum absolute atomic E-state index is 12.8. The third-order valence-electron chi connectivity index (χ3n) is 1.68. The maximum Gasteiger partial charge on any atom is 0.393 e. The van der Waals surface area contributed by atoms with E-state index in [1.807, 2.05) is 0 Å². The SMILES string of the molecule is O=C(O)c1nnc(-c2cccc(F)c2)o1. The molecule has 2 rings (SSSR count). The Morgan fingerprint density at radius 3 is 2.80 bits per heavy atom. The van der Waals surface area contributed by atoms with Crippen LogP contribution in [0.1, 0.15) is 10.7 Å². The van der Waals surface area contributed by atoms with Crippen LogP contribution in [0.3, 0.4) is 0 Å². The number of carbonyl (C=O) groups is 1. The van der Waals surface area contributed by atoms with Gasteiger partial charge in [-0.05, 0) is 18.2 Å². The molecule has 0 atom stereocenters. The number of aromatic carboxylic acids is 1. The van der Waals surface area contributed by atoms with Crippen LogP contribution in [0.15, 0.2) is 28.7 Å². The predicted octanol–water partition coefficient (Wildman–Crippen LogP) is 1.57. The molecule has 0 fully saturated rings. The molecule has 6 heteroatoms. The minimum atomic E-state index is -1.31. The van der Waals surface area contributed by atoms with Gasteiger partial charge in [0.15, 0.2) is 0 Å². The van der Waals surface area contributed by atoms with Gasteiger partial charge in [0.2, 0.25) is 5.89 Å². The number of nitrogens with zero attached hydrogens (tertiary/aromatic N) is 2. The number of benzene rings is 1. The van der Waals surface area contributed by atoms with Gasteiger partial charge >= 0.3 is 11.9 Å². The molecule has 0 aliphatic carbocycles. The predicted molar refractivity (Wildman–Crippen MR) is 46.7 cm³/mol. The number of hydrogen-bond acceptors (Lipinski definition) is 4. The fraction of sp³-hybridized carbons (Fsp3) is 0. The molecule has 0 spiro atoms. The van der Waals surface area contributed by atoms with Crippen molar-refractivity contribution in [1.29, 1.82) is 0 Å². The molecular formula is C9H5FN2O3. The fourth-order valence-electron chi connectivity index (χ4n) is 1.05. The van der Waals surface area contributed by atoms with Gasteiger partial charge in [-0.2, -0.15) is 0 Å². The minimum absolute atomic E-state index is 0.0214. The maximum atomic E-state index is 12.8. The lowest BCUT2D eigenvalue weighted by molar-refractivity contribution is 0.0654. The molecule has 0 aliphatic rings. The molecule has 1 N–H and O–H groups in total. The van der Waals surface area contributed by atoms with E-state index in [0.29, 0.717) is 5.56 Å². The number of hydrogen-bond donors (Lipinski definition) is 1. The van der Waals surface area contributed by atoms with Gasteiger partial charge in [-0.3, -0.25) is 0 Å². The van der Waals surface area contributed by atoms with Gasteiger partial charge in [0.25, 0.3) is 0 Å². The zero-order valence-corrected chi connectivity index (χ0v) is 7.35. The summed E-state index contributed by atoms with van der Waals surface area (Å²) in [6, 6.07) is 5.45. The van der Waals surface area contributed by atoms with E-state index in [0.717, 1.165) is 0 Å². The first-order valence-electron chi connectivity index (χ1n) is 3.99. The highest BCUT2D eigenvalue weighted by Crippen LogP contribution is 2.18. The Bertz CT molecular complexity index is 510. The summed E-state index contributed by atoms with van der Waals surface area (Å²) in [6.07, 6.45) is 0. The summed E-state index contributed by atoms with van der Waals surface area (Å²) in [5, 5.41) is 15.3. The van der Waals surface area contributed by atoms with E-state index in [1.165, 1.54) is 18.2 Å². The molecule has 0 saturated carbocycles. The molecule has 0 aliphatic heterocycles. The molecular weight excluding hydrogens is 203 g/mol. The molecule has 0 bridgehead atoms. The lowest BCUT2D eigenvalue weighted by atomic mass is 10.2. The van der Waals surface area contributed by atoms with E-state index < -0.39 is 17.7 Å². The summed E-state index contributed by atoms with van der Waals surface area (Å²) < 4.78 is 17.6. The van der Waals surface area contributed by atoms with Crippen LogP contribution in [0.4, 0.5) is 4.39 Å².